The second-order valence-corrected chi connectivity index (χ2v) is 7.05. The number of amides is 2. The third-order valence-electron chi connectivity index (χ3n) is 3.84. The van der Waals surface area contributed by atoms with E-state index in [1.807, 2.05) is 20.8 Å². The molecule has 2 N–H and O–H groups in total. The molecule has 2 aromatic rings. The third kappa shape index (κ3) is 6.29. The highest BCUT2D eigenvalue weighted by molar-refractivity contribution is 6.30. The minimum absolute atomic E-state index is 0.219. The number of rotatable bonds is 8. The Kier molecular flexibility index (Phi) is 7.67. The third-order valence-corrected chi connectivity index (χ3v) is 4.07. The smallest absolute Gasteiger partial charge is 0.265 e. The van der Waals surface area contributed by atoms with Crippen LogP contribution in [0.15, 0.2) is 48.5 Å². The van der Waals surface area contributed by atoms with Gasteiger partial charge in [-0.1, -0.05) is 50.6 Å². The molecular formula is C21H25ClN2O3. The van der Waals surface area contributed by atoms with Crippen molar-refractivity contribution in [3.05, 3.63) is 59.1 Å². The Balaban J connectivity index is 2.10. The molecule has 0 aliphatic carbocycles. The number of hydrogen-bond donors (Lipinski definition) is 2. The Morgan fingerprint density at radius 2 is 1.85 bits per heavy atom. The Morgan fingerprint density at radius 1 is 1.11 bits per heavy atom. The molecule has 2 amide bonds. The van der Waals surface area contributed by atoms with Crippen molar-refractivity contribution < 1.29 is 14.3 Å². The SMILES string of the molecule is CCC(Oc1cccc(Cl)c1)C(=O)Nc1ccccc1C(=O)NCC(C)C. The van der Waals surface area contributed by atoms with Crippen LogP contribution in [0.3, 0.4) is 0 Å². The number of nitrogens with one attached hydrogen (secondary N) is 2. The van der Waals surface area contributed by atoms with Crippen molar-refractivity contribution >= 4 is 29.1 Å². The van der Waals surface area contributed by atoms with Crippen LogP contribution in [0.4, 0.5) is 5.69 Å². The van der Waals surface area contributed by atoms with E-state index < -0.39 is 6.10 Å². The van der Waals surface area contributed by atoms with Crippen LogP contribution in [0.1, 0.15) is 37.6 Å². The Hall–Kier alpha value is -2.53. The van der Waals surface area contributed by atoms with E-state index in [1.54, 1.807) is 48.5 Å². The van der Waals surface area contributed by atoms with Crippen LogP contribution in [0.5, 0.6) is 5.75 Å². The summed E-state index contributed by atoms with van der Waals surface area (Å²) in [7, 11) is 0. The van der Waals surface area contributed by atoms with E-state index in [0.717, 1.165) is 0 Å². The van der Waals surface area contributed by atoms with Crippen LogP contribution in [0.2, 0.25) is 5.02 Å². The van der Waals surface area contributed by atoms with Crippen LogP contribution in [-0.4, -0.2) is 24.5 Å². The standard InChI is InChI=1S/C21H25ClN2O3/c1-4-19(27-16-9-7-8-15(22)12-16)21(26)24-18-11-6-5-10-17(18)20(25)23-13-14(2)3/h5-12,14,19H,4,13H2,1-3H3,(H,23,25)(H,24,26). The van der Waals surface area contributed by atoms with Gasteiger partial charge in [0.1, 0.15) is 5.75 Å². The fourth-order valence-electron chi connectivity index (χ4n) is 2.42. The van der Waals surface area contributed by atoms with Crippen molar-refractivity contribution in [2.45, 2.75) is 33.3 Å². The molecule has 144 valence electrons. The number of ether oxygens (including phenoxy) is 1. The van der Waals surface area contributed by atoms with E-state index in [1.165, 1.54) is 0 Å². The van der Waals surface area contributed by atoms with Crippen molar-refractivity contribution in [2.75, 3.05) is 11.9 Å². The molecule has 5 nitrogen and oxygen atoms in total. The summed E-state index contributed by atoms with van der Waals surface area (Å²) in [6.45, 7) is 6.46. The molecule has 0 saturated heterocycles. The second-order valence-electron chi connectivity index (χ2n) is 6.61. The second kappa shape index (κ2) is 9.97. The van der Waals surface area contributed by atoms with Crippen molar-refractivity contribution in [1.29, 1.82) is 0 Å². The van der Waals surface area contributed by atoms with Gasteiger partial charge in [-0.05, 0) is 42.7 Å². The molecule has 0 bridgehead atoms. The molecule has 27 heavy (non-hydrogen) atoms. The molecule has 1 atom stereocenters. The average molecular weight is 389 g/mol. The summed E-state index contributed by atoms with van der Waals surface area (Å²) in [6.07, 6.45) is -0.227. The van der Waals surface area contributed by atoms with Gasteiger partial charge in [0, 0.05) is 11.6 Å². The minimum Gasteiger partial charge on any atom is -0.481 e. The van der Waals surface area contributed by atoms with Crippen LogP contribution in [0.25, 0.3) is 0 Å². The fourth-order valence-corrected chi connectivity index (χ4v) is 2.60. The number of carbonyl (C=O) groups excluding carboxylic acids is 2. The van der Waals surface area contributed by atoms with E-state index in [9.17, 15) is 9.59 Å². The molecule has 0 heterocycles. The normalized spacial score (nSPS) is 11.7. The van der Waals surface area contributed by atoms with Crippen molar-refractivity contribution in [3.63, 3.8) is 0 Å². The zero-order valence-electron chi connectivity index (χ0n) is 15.8. The van der Waals surface area contributed by atoms with Gasteiger partial charge in [-0.3, -0.25) is 9.59 Å². The van der Waals surface area contributed by atoms with Gasteiger partial charge >= 0.3 is 0 Å². The molecule has 0 aliphatic rings. The molecule has 0 aromatic heterocycles. The van der Waals surface area contributed by atoms with Gasteiger partial charge in [0.2, 0.25) is 0 Å². The number of hydrogen-bond acceptors (Lipinski definition) is 3. The van der Waals surface area contributed by atoms with Gasteiger partial charge in [-0.25, -0.2) is 0 Å². The molecule has 2 rings (SSSR count). The highest BCUT2D eigenvalue weighted by Gasteiger charge is 2.21. The number of anilines is 1. The lowest BCUT2D eigenvalue weighted by atomic mass is 10.1. The first-order valence-electron chi connectivity index (χ1n) is 9.01. The average Bonchev–Trinajstić information content (AvgIpc) is 2.64. The lowest BCUT2D eigenvalue weighted by Gasteiger charge is -2.19. The topological polar surface area (TPSA) is 67.4 Å². The quantitative estimate of drug-likeness (QED) is 0.698. The first-order chi connectivity index (χ1) is 12.9. The first kappa shape index (κ1) is 20.8. The molecule has 1 unspecified atom stereocenters. The predicted octanol–water partition coefficient (Wildman–Crippen LogP) is 4.52. The van der Waals surface area contributed by atoms with Crippen molar-refractivity contribution in [1.82, 2.24) is 5.32 Å². The van der Waals surface area contributed by atoms with Gasteiger partial charge < -0.3 is 15.4 Å². The van der Waals surface area contributed by atoms with E-state index in [0.29, 0.717) is 40.9 Å². The van der Waals surface area contributed by atoms with Crippen LogP contribution < -0.4 is 15.4 Å². The maximum Gasteiger partial charge on any atom is 0.265 e. The van der Waals surface area contributed by atoms with E-state index in [4.69, 9.17) is 16.3 Å². The zero-order chi connectivity index (χ0) is 19.8. The molecule has 0 fully saturated rings. The molecular weight excluding hydrogens is 364 g/mol. The van der Waals surface area contributed by atoms with E-state index in [2.05, 4.69) is 10.6 Å². The highest BCUT2D eigenvalue weighted by atomic mass is 35.5. The van der Waals surface area contributed by atoms with Crippen LogP contribution in [-0.2, 0) is 4.79 Å². The summed E-state index contributed by atoms with van der Waals surface area (Å²) in [5, 5.41) is 6.21. The molecule has 0 spiro atoms. The first-order valence-corrected chi connectivity index (χ1v) is 9.38. The number of halogens is 1. The van der Waals surface area contributed by atoms with Gasteiger partial charge in [0.15, 0.2) is 6.10 Å². The van der Waals surface area contributed by atoms with Gasteiger partial charge in [-0.2, -0.15) is 0 Å². The maximum absolute atomic E-state index is 12.7. The monoisotopic (exact) mass is 388 g/mol. The van der Waals surface area contributed by atoms with Crippen molar-refractivity contribution in [2.24, 2.45) is 5.92 Å². The van der Waals surface area contributed by atoms with Gasteiger partial charge in [-0.15, -0.1) is 0 Å². The largest absolute Gasteiger partial charge is 0.481 e. The van der Waals surface area contributed by atoms with E-state index in [-0.39, 0.29) is 11.8 Å². The fraction of sp³-hybridized carbons (Fsp3) is 0.333. The van der Waals surface area contributed by atoms with Gasteiger partial charge in [0.05, 0.1) is 11.3 Å². The minimum atomic E-state index is -0.699. The Labute approximate surface area is 165 Å². The molecule has 6 heteroatoms. The van der Waals surface area contributed by atoms with E-state index >= 15 is 0 Å². The molecule has 0 aliphatic heterocycles. The van der Waals surface area contributed by atoms with Crippen LogP contribution in [0, 0.1) is 5.92 Å². The summed E-state index contributed by atoms with van der Waals surface area (Å²) in [6, 6.07) is 13.8. The zero-order valence-corrected chi connectivity index (χ0v) is 16.5. The maximum atomic E-state index is 12.7. The number of benzene rings is 2. The van der Waals surface area contributed by atoms with Crippen molar-refractivity contribution in [3.8, 4) is 5.75 Å². The summed E-state index contributed by atoms with van der Waals surface area (Å²) in [4.78, 5) is 25.1. The molecule has 0 saturated carbocycles. The van der Waals surface area contributed by atoms with Gasteiger partial charge in [0.25, 0.3) is 11.8 Å². The molecule has 2 aromatic carbocycles. The summed E-state index contributed by atoms with van der Waals surface area (Å²) in [5.74, 6) is 0.323. The number of para-hydroxylation sites is 1. The number of carbonyl (C=O) groups is 2. The van der Waals surface area contributed by atoms with Crippen LogP contribution >= 0.6 is 11.6 Å². The summed E-state index contributed by atoms with van der Waals surface area (Å²) in [5.41, 5.74) is 0.876. The lowest BCUT2D eigenvalue weighted by molar-refractivity contribution is -0.122. The molecule has 0 radical (unpaired) electrons. The summed E-state index contributed by atoms with van der Waals surface area (Å²) < 4.78 is 5.76. The Bertz CT molecular complexity index is 793. The summed E-state index contributed by atoms with van der Waals surface area (Å²) >= 11 is 5.96. The predicted molar refractivity (Wildman–Crippen MR) is 108 cm³/mol. The highest BCUT2D eigenvalue weighted by Crippen LogP contribution is 2.21. The lowest BCUT2D eigenvalue weighted by Crippen LogP contribution is -2.34. The Morgan fingerprint density at radius 3 is 2.52 bits per heavy atom.